The Labute approximate surface area is 411 Å². The largest absolute Gasteiger partial charge is 0.309 e. The van der Waals surface area contributed by atoms with Crippen LogP contribution >= 0.6 is 11.3 Å². The zero-order valence-electron chi connectivity index (χ0n) is 38.7. The molecule has 0 aliphatic heterocycles. The van der Waals surface area contributed by atoms with Crippen molar-refractivity contribution in [1.29, 1.82) is 0 Å². The molecule has 0 saturated carbocycles. The van der Waals surface area contributed by atoms with Crippen LogP contribution in [0.2, 0.25) is 0 Å². The average molecular weight is 911 g/mol. The van der Waals surface area contributed by atoms with Gasteiger partial charge in [-0.15, -0.1) is 11.3 Å². The summed E-state index contributed by atoms with van der Waals surface area (Å²) in [6, 6.07) is 84.6. The van der Waals surface area contributed by atoms with Gasteiger partial charge in [0, 0.05) is 53.3 Å². The van der Waals surface area contributed by atoms with Gasteiger partial charge in [-0.3, -0.25) is 0 Å². The van der Waals surface area contributed by atoms with E-state index in [1.807, 2.05) is 17.4 Å². The molecule has 0 saturated heterocycles. The van der Waals surface area contributed by atoms with Crippen molar-refractivity contribution >= 4 is 70.3 Å². The molecule has 3 heteroatoms. The number of aryl methyl sites for hydroxylation is 1. The van der Waals surface area contributed by atoms with Crippen LogP contribution in [0, 0.1) is 6.92 Å². The molecule has 10 aromatic carbocycles. The molecule has 0 spiro atoms. The Balaban J connectivity index is 0.973. The highest BCUT2D eigenvalue weighted by molar-refractivity contribution is 7.25. The van der Waals surface area contributed by atoms with E-state index in [4.69, 9.17) is 0 Å². The highest BCUT2D eigenvalue weighted by Gasteiger charge is 2.21. The van der Waals surface area contributed by atoms with Crippen LogP contribution in [0.4, 0.5) is 0 Å². The quantitative estimate of drug-likeness (QED) is 0.128. The van der Waals surface area contributed by atoms with E-state index in [1.165, 1.54) is 109 Å². The second kappa shape index (κ2) is 17.1. The Bertz CT molecular complexity index is 4170. The van der Waals surface area contributed by atoms with E-state index >= 15 is 0 Å². The van der Waals surface area contributed by atoms with Gasteiger partial charge >= 0.3 is 0 Å². The van der Waals surface area contributed by atoms with Crippen LogP contribution in [0.1, 0.15) is 11.3 Å². The Morgan fingerprint density at radius 3 is 1.64 bits per heavy atom. The minimum Gasteiger partial charge on any atom is -0.309 e. The monoisotopic (exact) mass is 910 g/mol. The highest BCUT2D eigenvalue weighted by atomic mass is 32.1. The summed E-state index contributed by atoms with van der Waals surface area (Å²) in [6.45, 7) is 6.33. The van der Waals surface area contributed by atoms with E-state index in [-0.39, 0.29) is 0 Å². The Morgan fingerprint density at radius 2 is 0.929 bits per heavy atom. The normalized spacial score (nSPS) is 11.8. The van der Waals surface area contributed by atoms with Gasteiger partial charge in [-0.1, -0.05) is 176 Å². The molecule has 0 fully saturated rings. The zero-order valence-corrected chi connectivity index (χ0v) is 39.5. The summed E-state index contributed by atoms with van der Waals surface area (Å²) in [7, 11) is 0. The standard InChI is InChI=1S/C67H46N2S/c1-3-4-25-60-44(2)56-40-49(30-36-61(56)69(60)62-37-31-50(41-57(62)48-21-12-7-13-22-48)52-33-39-66-58(42-52)55-23-14-15-27-65(55)70-66)51-32-38-63-59(43-51)67-54(47-19-10-6-11-20-47)24-16-26-64(67)68(63)53-34-28-46(29-35-53)45-17-8-5-9-18-45/h3-43H,1H2,2H3/b25-4-. The van der Waals surface area contributed by atoms with E-state index in [2.05, 4.69) is 265 Å². The first-order chi connectivity index (χ1) is 34.6. The van der Waals surface area contributed by atoms with Gasteiger partial charge in [0.1, 0.15) is 0 Å². The Hall–Kier alpha value is -8.76. The lowest BCUT2D eigenvalue weighted by Crippen LogP contribution is -2.00. The minimum absolute atomic E-state index is 1.13. The fraction of sp³-hybridized carbons (Fsp3) is 0.0149. The molecule has 3 heterocycles. The molecule has 70 heavy (non-hydrogen) atoms. The van der Waals surface area contributed by atoms with Crippen molar-refractivity contribution < 1.29 is 0 Å². The molecule has 0 N–H and O–H groups in total. The minimum atomic E-state index is 1.13. The predicted octanol–water partition coefficient (Wildman–Crippen LogP) is 18.9. The fourth-order valence-corrected chi connectivity index (χ4v) is 11.8. The molecule has 0 radical (unpaired) electrons. The van der Waals surface area contributed by atoms with Gasteiger partial charge in [0.15, 0.2) is 0 Å². The molecule has 0 amide bonds. The first-order valence-corrected chi connectivity index (χ1v) is 24.8. The first kappa shape index (κ1) is 41.4. The van der Waals surface area contributed by atoms with E-state index in [0.717, 1.165) is 22.6 Å². The first-order valence-electron chi connectivity index (χ1n) is 23.9. The van der Waals surface area contributed by atoms with Crippen LogP contribution < -0.4 is 0 Å². The van der Waals surface area contributed by atoms with Gasteiger partial charge in [-0.05, 0) is 141 Å². The molecule has 330 valence electrons. The third-order valence-corrected chi connectivity index (χ3v) is 15.3. The molecule has 0 unspecified atom stereocenters. The number of nitrogens with zero attached hydrogens (tertiary/aromatic N) is 2. The summed E-state index contributed by atoms with van der Waals surface area (Å²) < 4.78 is 7.51. The lowest BCUT2D eigenvalue weighted by atomic mass is 9.96. The molecule has 2 nitrogen and oxygen atoms in total. The number of allylic oxidation sites excluding steroid dienone is 2. The summed E-state index contributed by atoms with van der Waals surface area (Å²) in [5.41, 5.74) is 20.1. The highest BCUT2D eigenvalue weighted by Crippen LogP contribution is 2.44. The molecule has 0 aliphatic rings. The summed E-state index contributed by atoms with van der Waals surface area (Å²) in [5, 5.41) is 6.30. The van der Waals surface area contributed by atoms with Gasteiger partial charge in [0.25, 0.3) is 0 Å². The molecule has 13 rings (SSSR count). The van der Waals surface area contributed by atoms with Crippen molar-refractivity contribution in [3.8, 4) is 67.0 Å². The zero-order chi connectivity index (χ0) is 46.7. The Kier molecular flexibility index (Phi) is 10.1. The smallest absolute Gasteiger partial charge is 0.0547 e. The molecule has 3 aromatic heterocycles. The fourth-order valence-electron chi connectivity index (χ4n) is 10.7. The third-order valence-electron chi connectivity index (χ3n) is 14.1. The van der Waals surface area contributed by atoms with Crippen molar-refractivity contribution in [2.45, 2.75) is 6.92 Å². The van der Waals surface area contributed by atoms with Gasteiger partial charge in [-0.2, -0.15) is 0 Å². The van der Waals surface area contributed by atoms with Crippen molar-refractivity contribution in [2.24, 2.45) is 0 Å². The number of hydrogen-bond acceptors (Lipinski definition) is 1. The van der Waals surface area contributed by atoms with Gasteiger partial charge in [0.2, 0.25) is 0 Å². The summed E-state index contributed by atoms with van der Waals surface area (Å²) >= 11 is 1.86. The van der Waals surface area contributed by atoms with Crippen molar-refractivity contribution in [2.75, 3.05) is 0 Å². The van der Waals surface area contributed by atoms with Crippen molar-refractivity contribution in [1.82, 2.24) is 9.13 Å². The van der Waals surface area contributed by atoms with Gasteiger partial charge in [0.05, 0.1) is 22.2 Å². The number of hydrogen-bond donors (Lipinski definition) is 0. The van der Waals surface area contributed by atoms with Crippen molar-refractivity contribution in [3.05, 3.63) is 261 Å². The number of thiophene rings is 1. The van der Waals surface area contributed by atoms with Crippen molar-refractivity contribution in [3.63, 3.8) is 0 Å². The maximum Gasteiger partial charge on any atom is 0.0547 e. The van der Waals surface area contributed by atoms with Gasteiger partial charge in [-0.25, -0.2) is 0 Å². The van der Waals surface area contributed by atoms with Gasteiger partial charge < -0.3 is 9.13 Å². The molecular formula is C67H46N2S. The van der Waals surface area contributed by atoms with E-state index in [1.54, 1.807) is 0 Å². The maximum atomic E-state index is 4.07. The number of fused-ring (bicyclic) bond motifs is 7. The lowest BCUT2D eigenvalue weighted by molar-refractivity contribution is 1.10. The Morgan fingerprint density at radius 1 is 0.386 bits per heavy atom. The lowest BCUT2D eigenvalue weighted by Gasteiger charge is -2.17. The second-order valence-corrected chi connectivity index (χ2v) is 19.2. The van der Waals surface area contributed by atoms with Crippen LogP contribution in [0.15, 0.2) is 249 Å². The van der Waals surface area contributed by atoms with Crippen LogP contribution in [0.25, 0.3) is 126 Å². The van der Waals surface area contributed by atoms with Crippen LogP contribution in [-0.4, -0.2) is 9.13 Å². The number of aromatic nitrogens is 2. The number of rotatable bonds is 9. The summed E-state index contributed by atoms with van der Waals surface area (Å²) in [6.07, 6.45) is 6.13. The SMILES string of the molecule is C=C/C=C\c1c(C)c2cc(-c3ccc4c(c3)c3c(-c5ccccc5)cccc3n4-c3ccc(-c4ccccc4)cc3)ccc2n1-c1ccc(-c2ccc3sc4ccccc4c3c2)cc1-c1ccccc1. The molecule has 0 atom stereocenters. The van der Waals surface area contributed by atoms with E-state index in [0.29, 0.717) is 0 Å². The van der Waals surface area contributed by atoms with Crippen LogP contribution in [0.5, 0.6) is 0 Å². The second-order valence-electron chi connectivity index (χ2n) is 18.1. The van der Waals surface area contributed by atoms with Crippen LogP contribution in [0.3, 0.4) is 0 Å². The number of benzene rings is 10. The predicted molar refractivity (Wildman–Crippen MR) is 302 cm³/mol. The average Bonchev–Trinajstić information content (AvgIpc) is 4.07. The van der Waals surface area contributed by atoms with E-state index < -0.39 is 0 Å². The molecule has 0 aliphatic carbocycles. The van der Waals surface area contributed by atoms with E-state index in [9.17, 15) is 0 Å². The molecule has 0 bridgehead atoms. The molecular weight excluding hydrogens is 865 g/mol. The molecule has 13 aromatic rings. The van der Waals surface area contributed by atoms with Crippen LogP contribution in [-0.2, 0) is 0 Å². The topological polar surface area (TPSA) is 9.86 Å². The third kappa shape index (κ3) is 6.93. The maximum absolute atomic E-state index is 4.07. The summed E-state index contributed by atoms with van der Waals surface area (Å²) in [5.74, 6) is 0. The summed E-state index contributed by atoms with van der Waals surface area (Å²) in [4.78, 5) is 0.